The molecular formula is C18H16N2O2. The minimum atomic E-state index is -0.477. The number of hydrogen-bond acceptors (Lipinski definition) is 3. The molecule has 0 saturated carbocycles. The number of hydrogen-bond donors (Lipinski definition) is 0. The largest absolute Gasteiger partial charge is 0.424 e. The van der Waals surface area contributed by atoms with Crippen LogP contribution in [0.4, 0.5) is 4.79 Å². The molecule has 0 fully saturated rings. The summed E-state index contributed by atoms with van der Waals surface area (Å²) in [6, 6.07) is 15.3. The molecule has 0 saturated heterocycles. The van der Waals surface area contributed by atoms with Crippen LogP contribution in [0.15, 0.2) is 61.1 Å². The van der Waals surface area contributed by atoms with Crippen LogP contribution in [0.2, 0.25) is 0 Å². The fraction of sp³-hybridized carbons (Fsp3) is 0.111. The lowest BCUT2D eigenvalue weighted by Gasteiger charge is -2.04. The second kappa shape index (κ2) is 5.85. The Morgan fingerprint density at radius 1 is 0.955 bits per heavy atom. The molecule has 4 nitrogen and oxygen atoms in total. The smallest absolute Gasteiger partial charge is 0.410 e. The van der Waals surface area contributed by atoms with Crippen LogP contribution in [0.25, 0.3) is 11.3 Å². The van der Waals surface area contributed by atoms with Gasteiger partial charge in [0, 0.05) is 11.8 Å². The van der Waals surface area contributed by atoms with Gasteiger partial charge in [0.25, 0.3) is 0 Å². The highest BCUT2D eigenvalue weighted by molar-refractivity contribution is 5.74. The van der Waals surface area contributed by atoms with Crippen molar-refractivity contribution in [2.75, 3.05) is 0 Å². The van der Waals surface area contributed by atoms with Crippen molar-refractivity contribution in [3.05, 3.63) is 72.2 Å². The number of imidazole rings is 1. The summed E-state index contributed by atoms with van der Waals surface area (Å²) >= 11 is 0. The van der Waals surface area contributed by atoms with Gasteiger partial charge in [0.2, 0.25) is 0 Å². The summed E-state index contributed by atoms with van der Waals surface area (Å²) in [4.78, 5) is 16.4. The molecule has 3 aromatic rings. The van der Waals surface area contributed by atoms with Crippen LogP contribution in [0, 0.1) is 13.8 Å². The molecule has 0 bridgehead atoms. The predicted molar refractivity (Wildman–Crippen MR) is 85.0 cm³/mol. The number of carbonyl (C=O) groups excluding carboxylic acids is 1. The molecule has 0 amide bonds. The summed E-state index contributed by atoms with van der Waals surface area (Å²) in [6.45, 7) is 4.01. The molecule has 3 rings (SSSR count). The molecule has 22 heavy (non-hydrogen) atoms. The lowest BCUT2D eigenvalue weighted by Crippen LogP contribution is -2.14. The van der Waals surface area contributed by atoms with Gasteiger partial charge in [0.05, 0.1) is 5.69 Å². The maximum Gasteiger partial charge on any atom is 0.424 e. The third-order valence-electron chi connectivity index (χ3n) is 3.37. The fourth-order valence-electron chi connectivity index (χ4n) is 2.06. The Hall–Kier alpha value is -2.88. The molecule has 0 atom stereocenters. The quantitative estimate of drug-likeness (QED) is 0.710. The summed E-state index contributed by atoms with van der Waals surface area (Å²) in [5.74, 6) is 0.515. The van der Waals surface area contributed by atoms with Gasteiger partial charge in [-0.25, -0.2) is 14.3 Å². The van der Waals surface area contributed by atoms with Crippen molar-refractivity contribution in [3.8, 4) is 17.0 Å². The Kier molecular flexibility index (Phi) is 3.74. The highest BCUT2D eigenvalue weighted by Crippen LogP contribution is 2.18. The van der Waals surface area contributed by atoms with Gasteiger partial charge in [-0.3, -0.25) is 0 Å². The first-order valence-electron chi connectivity index (χ1n) is 7.02. The van der Waals surface area contributed by atoms with Gasteiger partial charge in [-0.05, 0) is 26.0 Å². The Labute approximate surface area is 129 Å². The Morgan fingerprint density at radius 3 is 2.18 bits per heavy atom. The maximum atomic E-state index is 12.1. The molecule has 0 aliphatic carbocycles. The van der Waals surface area contributed by atoms with Crippen molar-refractivity contribution in [2.45, 2.75) is 13.8 Å². The summed E-state index contributed by atoms with van der Waals surface area (Å²) in [7, 11) is 0. The molecular weight excluding hydrogens is 276 g/mol. The number of aryl methyl sites for hydroxylation is 2. The van der Waals surface area contributed by atoms with Crippen LogP contribution in [0.1, 0.15) is 11.1 Å². The van der Waals surface area contributed by atoms with Gasteiger partial charge in [0.15, 0.2) is 0 Å². The molecule has 0 radical (unpaired) electrons. The van der Waals surface area contributed by atoms with E-state index in [2.05, 4.69) is 4.98 Å². The molecule has 2 aromatic carbocycles. The molecule has 0 spiro atoms. The second-order valence-electron chi connectivity index (χ2n) is 5.21. The molecule has 0 aliphatic rings. The van der Waals surface area contributed by atoms with Gasteiger partial charge in [-0.2, -0.15) is 0 Å². The number of rotatable bonds is 2. The number of aromatic nitrogens is 2. The van der Waals surface area contributed by atoms with E-state index in [-0.39, 0.29) is 0 Å². The molecule has 0 unspecified atom stereocenters. The Bertz CT molecular complexity index is 787. The van der Waals surface area contributed by atoms with E-state index in [0.29, 0.717) is 5.75 Å². The Balaban J connectivity index is 1.76. The van der Waals surface area contributed by atoms with Gasteiger partial charge < -0.3 is 4.74 Å². The van der Waals surface area contributed by atoms with E-state index in [4.69, 9.17) is 4.74 Å². The zero-order valence-electron chi connectivity index (χ0n) is 12.5. The lowest BCUT2D eigenvalue weighted by atomic mass is 10.1. The van der Waals surface area contributed by atoms with Gasteiger partial charge in [-0.15, -0.1) is 0 Å². The molecule has 4 heteroatoms. The van der Waals surface area contributed by atoms with Crippen molar-refractivity contribution >= 4 is 6.09 Å². The SMILES string of the molecule is Cc1ccc(OC(=O)n2cnc(-c3ccc(C)cc3)c2)cc1. The molecule has 110 valence electrons. The molecule has 0 N–H and O–H groups in total. The number of carbonyl (C=O) groups is 1. The second-order valence-corrected chi connectivity index (χ2v) is 5.21. The predicted octanol–water partition coefficient (Wildman–Crippen LogP) is 4.21. The summed E-state index contributed by atoms with van der Waals surface area (Å²) in [5, 5.41) is 0. The number of ether oxygens (including phenoxy) is 1. The highest BCUT2D eigenvalue weighted by Gasteiger charge is 2.10. The van der Waals surface area contributed by atoms with E-state index in [9.17, 15) is 4.79 Å². The minimum absolute atomic E-state index is 0.477. The zero-order chi connectivity index (χ0) is 15.5. The highest BCUT2D eigenvalue weighted by atomic mass is 16.6. The van der Waals surface area contributed by atoms with Gasteiger partial charge in [-0.1, -0.05) is 47.5 Å². The summed E-state index contributed by atoms with van der Waals surface area (Å²) in [6.07, 6.45) is 2.65. The van der Waals surface area contributed by atoms with Gasteiger partial charge in [0.1, 0.15) is 12.1 Å². The van der Waals surface area contributed by atoms with E-state index in [1.165, 1.54) is 16.5 Å². The standard InChI is InChI=1S/C18H16N2O2/c1-13-3-7-15(8-4-13)17-11-20(12-19-17)18(21)22-16-9-5-14(2)6-10-16/h3-12H,1-2H3. The van der Waals surface area contributed by atoms with E-state index in [1.807, 2.05) is 50.2 Å². The van der Waals surface area contributed by atoms with E-state index < -0.39 is 6.09 Å². The normalized spacial score (nSPS) is 10.5. The van der Waals surface area contributed by atoms with E-state index in [0.717, 1.165) is 16.8 Å². The van der Waals surface area contributed by atoms with E-state index in [1.54, 1.807) is 18.3 Å². The van der Waals surface area contributed by atoms with Crippen molar-refractivity contribution in [3.63, 3.8) is 0 Å². The maximum absolute atomic E-state index is 12.1. The zero-order valence-corrected chi connectivity index (χ0v) is 12.5. The first-order valence-corrected chi connectivity index (χ1v) is 7.02. The topological polar surface area (TPSA) is 44.1 Å². The number of nitrogens with zero attached hydrogens (tertiary/aromatic N) is 2. The van der Waals surface area contributed by atoms with Crippen LogP contribution >= 0.6 is 0 Å². The van der Waals surface area contributed by atoms with Crippen LogP contribution in [0.3, 0.4) is 0 Å². The van der Waals surface area contributed by atoms with E-state index >= 15 is 0 Å². The van der Waals surface area contributed by atoms with Gasteiger partial charge >= 0.3 is 6.09 Å². The monoisotopic (exact) mass is 292 g/mol. The van der Waals surface area contributed by atoms with Crippen molar-refractivity contribution in [2.24, 2.45) is 0 Å². The van der Waals surface area contributed by atoms with Crippen molar-refractivity contribution in [1.82, 2.24) is 9.55 Å². The first-order chi connectivity index (χ1) is 10.6. The molecule has 1 heterocycles. The van der Waals surface area contributed by atoms with Crippen molar-refractivity contribution < 1.29 is 9.53 Å². The molecule has 0 aliphatic heterocycles. The third-order valence-corrected chi connectivity index (χ3v) is 3.37. The lowest BCUT2D eigenvalue weighted by molar-refractivity contribution is 0.202. The average molecular weight is 292 g/mol. The third kappa shape index (κ3) is 3.06. The van der Waals surface area contributed by atoms with Crippen LogP contribution < -0.4 is 4.74 Å². The average Bonchev–Trinajstić information content (AvgIpc) is 3.00. The summed E-state index contributed by atoms with van der Waals surface area (Å²) in [5.41, 5.74) is 4.00. The fourth-order valence-corrected chi connectivity index (χ4v) is 2.06. The van der Waals surface area contributed by atoms with Crippen LogP contribution in [-0.4, -0.2) is 15.6 Å². The van der Waals surface area contributed by atoms with Crippen LogP contribution in [0.5, 0.6) is 5.75 Å². The van der Waals surface area contributed by atoms with Crippen molar-refractivity contribution in [1.29, 1.82) is 0 Å². The molecule has 1 aromatic heterocycles. The first kappa shape index (κ1) is 14.1. The number of benzene rings is 2. The van der Waals surface area contributed by atoms with Crippen LogP contribution in [-0.2, 0) is 0 Å². The Morgan fingerprint density at radius 2 is 1.55 bits per heavy atom. The summed E-state index contributed by atoms with van der Waals surface area (Å²) < 4.78 is 6.65. The minimum Gasteiger partial charge on any atom is -0.410 e.